The second-order valence-electron chi connectivity index (χ2n) is 6.74. The molecule has 134 valence electrons. The number of imide groups is 1. The van der Waals surface area contributed by atoms with E-state index in [9.17, 15) is 14.4 Å². The van der Waals surface area contributed by atoms with Crippen molar-refractivity contribution in [3.05, 3.63) is 48.0 Å². The Balaban J connectivity index is 1.38. The van der Waals surface area contributed by atoms with Crippen molar-refractivity contribution in [2.75, 3.05) is 18.8 Å². The van der Waals surface area contributed by atoms with E-state index < -0.39 is 0 Å². The van der Waals surface area contributed by atoms with Gasteiger partial charge in [-0.15, -0.1) is 0 Å². The van der Waals surface area contributed by atoms with Crippen LogP contribution in [-0.2, 0) is 16.0 Å². The number of hydrogen-bond donors (Lipinski definition) is 0. The maximum Gasteiger partial charge on any atom is 0.289 e. The Bertz CT molecular complexity index is 861. The summed E-state index contributed by atoms with van der Waals surface area (Å²) in [4.78, 5) is 39.5. The van der Waals surface area contributed by atoms with Gasteiger partial charge in [0, 0.05) is 19.5 Å². The molecular weight excluding hydrogens is 348 g/mol. The summed E-state index contributed by atoms with van der Waals surface area (Å²) >= 11 is 1.05. The zero-order chi connectivity index (χ0) is 18.1. The quantitative estimate of drug-likeness (QED) is 0.832. The van der Waals surface area contributed by atoms with Gasteiger partial charge >= 0.3 is 0 Å². The third-order valence-corrected chi connectivity index (χ3v) is 5.99. The van der Waals surface area contributed by atoms with Gasteiger partial charge in [-0.1, -0.05) is 54.2 Å². The number of carbonyl (C=O) groups is 3. The van der Waals surface area contributed by atoms with E-state index >= 15 is 0 Å². The van der Waals surface area contributed by atoms with Crippen LogP contribution in [0.1, 0.15) is 18.4 Å². The van der Waals surface area contributed by atoms with Gasteiger partial charge in [0.1, 0.15) is 0 Å². The smallest absolute Gasteiger partial charge is 0.289 e. The number of likely N-dealkylation sites (tertiary alicyclic amines) is 1. The van der Waals surface area contributed by atoms with E-state index in [1.165, 1.54) is 21.2 Å². The minimum atomic E-state index is -0.176. The molecule has 4 rings (SSSR count). The monoisotopic (exact) mass is 368 g/mol. The molecule has 2 aromatic carbocycles. The van der Waals surface area contributed by atoms with Gasteiger partial charge < -0.3 is 4.90 Å². The van der Waals surface area contributed by atoms with Crippen molar-refractivity contribution in [3.8, 4) is 0 Å². The molecule has 2 aromatic rings. The second-order valence-corrected chi connectivity index (χ2v) is 7.67. The maximum atomic E-state index is 12.6. The van der Waals surface area contributed by atoms with E-state index in [-0.39, 0.29) is 28.8 Å². The molecule has 0 bridgehead atoms. The lowest BCUT2D eigenvalue weighted by Gasteiger charge is -2.22. The molecule has 0 N–H and O–H groups in total. The number of benzene rings is 2. The normalized spacial score (nSPS) is 20.4. The predicted octanol–water partition coefficient (Wildman–Crippen LogP) is 3.07. The zero-order valence-electron chi connectivity index (χ0n) is 14.4. The third kappa shape index (κ3) is 3.21. The largest absolute Gasteiger partial charge is 0.341 e. The molecule has 1 unspecified atom stereocenters. The van der Waals surface area contributed by atoms with Gasteiger partial charge in [-0.3, -0.25) is 19.3 Å². The van der Waals surface area contributed by atoms with Crippen LogP contribution in [0, 0.1) is 0 Å². The van der Waals surface area contributed by atoms with Crippen molar-refractivity contribution in [2.24, 2.45) is 0 Å². The Hall–Kier alpha value is -2.34. The summed E-state index contributed by atoms with van der Waals surface area (Å²) in [5.41, 5.74) is 1.17. The molecule has 1 atom stereocenters. The predicted molar refractivity (Wildman–Crippen MR) is 102 cm³/mol. The van der Waals surface area contributed by atoms with E-state index in [0.717, 1.165) is 11.8 Å². The Kier molecular flexibility index (Phi) is 4.68. The fraction of sp³-hybridized carbons (Fsp3) is 0.350. The van der Waals surface area contributed by atoms with E-state index in [2.05, 4.69) is 24.3 Å². The Morgan fingerprint density at radius 1 is 1.12 bits per heavy atom. The number of amides is 3. The third-order valence-electron chi connectivity index (χ3n) is 5.15. The fourth-order valence-corrected chi connectivity index (χ4v) is 4.58. The molecule has 2 aliphatic heterocycles. The van der Waals surface area contributed by atoms with E-state index in [1.807, 2.05) is 18.2 Å². The van der Waals surface area contributed by atoms with Crippen LogP contribution in [0.25, 0.3) is 10.8 Å². The lowest BCUT2D eigenvalue weighted by molar-refractivity contribution is -0.131. The number of fused-ring (bicyclic) bond motifs is 1. The van der Waals surface area contributed by atoms with Gasteiger partial charge in [0.15, 0.2) is 0 Å². The van der Waals surface area contributed by atoms with Gasteiger partial charge in [-0.2, -0.15) is 0 Å². The van der Waals surface area contributed by atoms with Crippen molar-refractivity contribution >= 4 is 39.6 Å². The van der Waals surface area contributed by atoms with Gasteiger partial charge in [0.25, 0.3) is 5.24 Å². The van der Waals surface area contributed by atoms with Crippen LogP contribution in [-0.4, -0.2) is 51.7 Å². The lowest BCUT2D eigenvalue weighted by Crippen LogP contribution is -2.41. The first-order valence-corrected chi connectivity index (χ1v) is 9.85. The van der Waals surface area contributed by atoms with Crippen LogP contribution in [0.15, 0.2) is 42.5 Å². The minimum Gasteiger partial charge on any atom is -0.341 e. The second kappa shape index (κ2) is 7.11. The van der Waals surface area contributed by atoms with Crippen LogP contribution in [0.2, 0.25) is 0 Å². The number of aryl methyl sites for hydroxylation is 1. The molecule has 2 saturated heterocycles. The van der Waals surface area contributed by atoms with Crippen LogP contribution < -0.4 is 0 Å². The summed E-state index contributed by atoms with van der Waals surface area (Å²) in [5, 5.41) is 2.19. The van der Waals surface area contributed by atoms with Gasteiger partial charge in [0.2, 0.25) is 11.8 Å². The van der Waals surface area contributed by atoms with Crippen LogP contribution in [0.3, 0.4) is 0 Å². The number of hydrogen-bond acceptors (Lipinski definition) is 4. The molecule has 3 amide bonds. The fourth-order valence-electron chi connectivity index (χ4n) is 3.81. The van der Waals surface area contributed by atoms with Crippen LogP contribution >= 0.6 is 11.8 Å². The summed E-state index contributed by atoms with van der Waals surface area (Å²) in [6, 6.07) is 14.2. The summed E-state index contributed by atoms with van der Waals surface area (Å²) in [6.45, 7) is 1.08. The molecule has 0 aliphatic carbocycles. The van der Waals surface area contributed by atoms with E-state index in [4.69, 9.17) is 0 Å². The zero-order valence-corrected chi connectivity index (χ0v) is 15.2. The molecule has 0 aromatic heterocycles. The molecule has 2 fully saturated rings. The first kappa shape index (κ1) is 17.1. The summed E-state index contributed by atoms with van der Waals surface area (Å²) < 4.78 is 0. The standard InChI is InChI=1S/C20H20N2O3S/c23-18(9-8-15-6-3-5-14-4-1-2-7-17(14)15)21-11-10-16(12-21)22-19(24)13-26-20(22)25/h1-7,16H,8-13H2. The number of thioether (sulfide) groups is 1. The molecule has 0 saturated carbocycles. The van der Waals surface area contributed by atoms with Gasteiger partial charge in [-0.05, 0) is 29.2 Å². The highest BCUT2D eigenvalue weighted by atomic mass is 32.2. The Labute approximate surface area is 156 Å². The molecular formula is C20H20N2O3S. The lowest BCUT2D eigenvalue weighted by atomic mass is 10.0. The maximum absolute atomic E-state index is 12.6. The Morgan fingerprint density at radius 3 is 2.73 bits per heavy atom. The number of carbonyl (C=O) groups excluding carboxylic acids is 3. The first-order chi connectivity index (χ1) is 12.6. The molecule has 2 aliphatic rings. The topological polar surface area (TPSA) is 57.7 Å². The SMILES string of the molecule is O=C(CCc1cccc2ccccc12)N1CCC(N2C(=O)CSC2=O)C1. The van der Waals surface area contributed by atoms with E-state index in [0.29, 0.717) is 32.4 Å². The number of rotatable bonds is 4. The molecule has 2 heterocycles. The van der Waals surface area contributed by atoms with Crippen molar-refractivity contribution in [3.63, 3.8) is 0 Å². The molecule has 5 nitrogen and oxygen atoms in total. The van der Waals surface area contributed by atoms with Crippen molar-refractivity contribution in [1.29, 1.82) is 0 Å². The van der Waals surface area contributed by atoms with Crippen LogP contribution in [0.4, 0.5) is 4.79 Å². The summed E-state index contributed by atoms with van der Waals surface area (Å²) in [7, 11) is 0. The molecule has 26 heavy (non-hydrogen) atoms. The van der Waals surface area contributed by atoms with E-state index in [1.54, 1.807) is 4.90 Å². The minimum absolute atomic E-state index is 0.0900. The van der Waals surface area contributed by atoms with Crippen molar-refractivity contribution in [2.45, 2.75) is 25.3 Å². The molecule has 0 radical (unpaired) electrons. The number of nitrogens with zero attached hydrogens (tertiary/aromatic N) is 2. The van der Waals surface area contributed by atoms with Gasteiger partial charge in [-0.25, -0.2) is 0 Å². The summed E-state index contributed by atoms with van der Waals surface area (Å²) in [6.07, 6.45) is 1.81. The Morgan fingerprint density at radius 2 is 1.92 bits per heavy atom. The van der Waals surface area contributed by atoms with Crippen molar-refractivity contribution < 1.29 is 14.4 Å². The summed E-state index contributed by atoms with van der Waals surface area (Å²) in [5.74, 6) is 0.187. The highest BCUT2D eigenvalue weighted by Gasteiger charge is 2.40. The average molecular weight is 368 g/mol. The highest BCUT2D eigenvalue weighted by Crippen LogP contribution is 2.27. The first-order valence-electron chi connectivity index (χ1n) is 8.87. The average Bonchev–Trinajstić information content (AvgIpc) is 3.26. The highest BCUT2D eigenvalue weighted by molar-refractivity contribution is 8.14. The van der Waals surface area contributed by atoms with Gasteiger partial charge in [0.05, 0.1) is 11.8 Å². The van der Waals surface area contributed by atoms with Crippen molar-refractivity contribution in [1.82, 2.24) is 9.80 Å². The molecule has 0 spiro atoms. The van der Waals surface area contributed by atoms with Crippen LogP contribution in [0.5, 0.6) is 0 Å². The molecule has 6 heteroatoms.